The highest BCUT2D eigenvalue weighted by atomic mass is 35.5. The molecule has 0 bridgehead atoms. The second kappa shape index (κ2) is 7.43. The van der Waals surface area contributed by atoms with Crippen molar-refractivity contribution in [3.05, 3.63) is 51.4 Å². The summed E-state index contributed by atoms with van der Waals surface area (Å²) in [4.78, 5) is 15.8. The summed E-state index contributed by atoms with van der Waals surface area (Å²) in [6.45, 7) is 1.69. The molecule has 1 aromatic carbocycles. The molecule has 0 radical (unpaired) electrons. The van der Waals surface area contributed by atoms with Crippen LogP contribution in [-0.2, 0) is 4.79 Å². The van der Waals surface area contributed by atoms with Crippen molar-refractivity contribution in [1.29, 1.82) is 0 Å². The van der Waals surface area contributed by atoms with Crippen molar-refractivity contribution in [3.63, 3.8) is 0 Å². The normalized spacial score (nSPS) is 18.3. The Kier molecular flexibility index (Phi) is 5.30. The van der Waals surface area contributed by atoms with E-state index in [0.29, 0.717) is 24.0 Å². The van der Waals surface area contributed by atoms with Gasteiger partial charge in [-0.15, -0.1) is 11.3 Å². The van der Waals surface area contributed by atoms with Gasteiger partial charge in [0.05, 0.1) is 5.69 Å². The number of rotatable bonds is 5. The van der Waals surface area contributed by atoms with Gasteiger partial charge in [-0.05, 0) is 49.0 Å². The summed E-state index contributed by atoms with van der Waals surface area (Å²) >= 11 is 7.47. The molecule has 1 unspecified atom stereocenters. The van der Waals surface area contributed by atoms with Crippen LogP contribution < -0.4 is 5.32 Å². The summed E-state index contributed by atoms with van der Waals surface area (Å²) < 4.78 is 13.7. The first-order chi connectivity index (χ1) is 11.1. The van der Waals surface area contributed by atoms with E-state index in [1.807, 2.05) is 0 Å². The van der Waals surface area contributed by atoms with Gasteiger partial charge in [0.25, 0.3) is 0 Å². The zero-order valence-corrected chi connectivity index (χ0v) is 14.2. The molecule has 0 aliphatic carbocycles. The van der Waals surface area contributed by atoms with Crippen molar-refractivity contribution in [1.82, 2.24) is 4.90 Å². The van der Waals surface area contributed by atoms with Crippen LogP contribution in [0.1, 0.15) is 30.2 Å². The maximum atomic E-state index is 13.7. The lowest BCUT2D eigenvalue weighted by Gasteiger charge is -2.23. The second-order valence-corrected chi connectivity index (χ2v) is 7.05. The fourth-order valence-corrected chi connectivity index (χ4v) is 4.00. The predicted molar refractivity (Wildman–Crippen MR) is 92.5 cm³/mol. The smallest absolute Gasteiger partial charge is 0.225 e. The SMILES string of the molecule is O=C(CCN1CCCC1c1cccs1)Nc1ccc(Cl)cc1F. The quantitative estimate of drug-likeness (QED) is 0.845. The molecule has 1 aliphatic heterocycles. The molecule has 1 fully saturated rings. The Bertz CT molecular complexity index is 677. The van der Waals surface area contributed by atoms with Crippen LogP contribution in [0.3, 0.4) is 0 Å². The van der Waals surface area contributed by atoms with E-state index in [9.17, 15) is 9.18 Å². The maximum absolute atomic E-state index is 13.7. The number of carbonyl (C=O) groups is 1. The first kappa shape index (κ1) is 16.4. The van der Waals surface area contributed by atoms with Gasteiger partial charge in [0.2, 0.25) is 5.91 Å². The number of anilines is 1. The molecule has 1 aromatic heterocycles. The van der Waals surface area contributed by atoms with Crippen LogP contribution in [-0.4, -0.2) is 23.9 Å². The average Bonchev–Trinajstić information content (AvgIpc) is 3.18. The van der Waals surface area contributed by atoms with Crippen molar-refractivity contribution < 1.29 is 9.18 Å². The highest BCUT2D eigenvalue weighted by Crippen LogP contribution is 2.34. The van der Waals surface area contributed by atoms with E-state index in [-0.39, 0.29) is 11.6 Å². The first-order valence-corrected chi connectivity index (χ1v) is 8.91. The topological polar surface area (TPSA) is 32.3 Å². The molecule has 0 spiro atoms. The van der Waals surface area contributed by atoms with Crippen molar-refractivity contribution in [2.75, 3.05) is 18.4 Å². The molecule has 2 aromatic rings. The molecular formula is C17H18ClFN2OS. The summed E-state index contributed by atoms with van der Waals surface area (Å²) in [5.74, 6) is -0.688. The van der Waals surface area contributed by atoms with E-state index in [1.165, 1.54) is 17.0 Å². The molecule has 1 atom stereocenters. The number of likely N-dealkylation sites (tertiary alicyclic amines) is 1. The van der Waals surface area contributed by atoms with Crippen LogP contribution in [0.15, 0.2) is 35.7 Å². The fourth-order valence-electron chi connectivity index (χ4n) is 2.95. The van der Waals surface area contributed by atoms with Gasteiger partial charge in [0, 0.05) is 28.9 Å². The molecule has 23 heavy (non-hydrogen) atoms. The van der Waals surface area contributed by atoms with Gasteiger partial charge < -0.3 is 5.32 Å². The van der Waals surface area contributed by atoms with Crippen LogP contribution in [0.5, 0.6) is 0 Å². The Hall–Kier alpha value is -1.43. The Morgan fingerprint density at radius 1 is 1.43 bits per heavy atom. The third-order valence-corrected chi connectivity index (χ3v) is 5.28. The van der Waals surface area contributed by atoms with E-state index >= 15 is 0 Å². The molecule has 6 heteroatoms. The summed E-state index contributed by atoms with van der Waals surface area (Å²) in [7, 11) is 0. The van der Waals surface area contributed by atoms with Crippen LogP contribution in [0.25, 0.3) is 0 Å². The van der Waals surface area contributed by atoms with E-state index in [0.717, 1.165) is 19.4 Å². The van der Waals surface area contributed by atoms with Crippen molar-refractivity contribution in [2.24, 2.45) is 0 Å². The molecule has 1 aliphatic rings. The van der Waals surface area contributed by atoms with Gasteiger partial charge in [-0.2, -0.15) is 0 Å². The number of hydrogen-bond donors (Lipinski definition) is 1. The van der Waals surface area contributed by atoms with Gasteiger partial charge in [-0.3, -0.25) is 9.69 Å². The summed E-state index contributed by atoms with van der Waals surface area (Å²) in [6, 6.07) is 8.87. The van der Waals surface area contributed by atoms with Crippen molar-refractivity contribution in [2.45, 2.75) is 25.3 Å². The Morgan fingerprint density at radius 3 is 3.04 bits per heavy atom. The standard InChI is InChI=1S/C17H18ClFN2OS/c18-12-5-6-14(13(19)11-12)20-17(22)7-9-21-8-1-3-15(21)16-4-2-10-23-16/h2,4-6,10-11,15H,1,3,7-9H2,(H,20,22). The van der Waals surface area contributed by atoms with Gasteiger partial charge in [0.1, 0.15) is 5.82 Å². The molecule has 122 valence electrons. The Morgan fingerprint density at radius 2 is 2.30 bits per heavy atom. The maximum Gasteiger partial charge on any atom is 0.225 e. The molecule has 3 nitrogen and oxygen atoms in total. The van der Waals surface area contributed by atoms with Crippen LogP contribution in [0.4, 0.5) is 10.1 Å². The Labute approximate surface area is 144 Å². The zero-order valence-electron chi connectivity index (χ0n) is 12.6. The monoisotopic (exact) mass is 352 g/mol. The number of nitrogens with zero attached hydrogens (tertiary/aromatic N) is 1. The number of halogens is 2. The molecule has 1 N–H and O–H groups in total. The molecule has 2 heterocycles. The van der Waals surface area contributed by atoms with Crippen LogP contribution in [0, 0.1) is 5.82 Å². The minimum absolute atomic E-state index is 0.177. The van der Waals surface area contributed by atoms with Gasteiger partial charge >= 0.3 is 0 Å². The minimum atomic E-state index is -0.511. The van der Waals surface area contributed by atoms with Crippen molar-refractivity contribution in [3.8, 4) is 0 Å². The lowest BCUT2D eigenvalue weighted by atomic mass is 10.2. The third-order valence-electron chi connectivity index (χ3n) is 4.07. The minimum Gasteiger partial charge on any atom is -0.324 e. The zero-order chi connectivity index (χ0) is 16.2. The summed E-state index contributed by atoms with van der Waals surface area (Å²) in [6.07, 6.45) is 2.63. The number of thiophene rings is 1. The van der Waals surface area contributed by atoms with Gasteiger partial charge in [-0.1, -0.05) is 17.7 Å². The molecule has 1 amide bonds. The number of amides is 1. The van der Waals surface area contributed by atoms with Crippen LogP contribution in [0.2, 0.25) is 5.02 Å². The number of nitrogens with one attached hydrogen (secondary N) is 1. The van der Waals surface area contributed by atoms with E-state index in [2.05, 4.69) is 27.7 Å². The van der Waals surface area contributed by atoms with E-state index in [4.69, 9.17) is 11.6 Å². The highest BCUT2D eigenvalue weighted by molar-refractivity contribution is 7.10. The second-order valence-electron chi connectivity index (χ2n) is 5.63. The molecule has 3 rings (SSSR count). The van der Waals surface area contributed by atoms with E-state index in [1.54, 1.807) is 17.4 Å². The summed E-state index contributed by atoms with van der Waals surface area (Å²) in [5.41, 5.74) is 0.177. The lowest BCUT2D eigenvalue weighted by molar-refractivity contribution is -0.116. The van der Waals surface area contributed by atoms with E-state index < -0.39 is 5.82 Å². The summed E-state index contributed by atoms with van der Waals surface area (Å²) in [5, 5.41) is 5.02. The number of hydrogen-bond acceptors (Lipinski definition) is 3. The largest absolute Gasteiger partial charge is 0.324 e. The first-order valence-electron chi connectivity index (χ1n) is 7.66. The average molecular weight is 353 g/mol. The third kappa shape index (κ3) is 4.10. The lowest BCUT2D eigenvalue weighted by Crippen LogP contribution is -2.27. The number of carbonyl (C=O) groups excluding carboxylic acids is 1. The van der Waals surface area contributed by atoms with Crippen LogP contribution >= 0.6 is 22.9 Å². The molecule has 1 saturated heterocycles. The van der Waals surface area contributed by atoms with Crippen molar-refractivity contribution >= 4 is 34.5 Å². The predicted octanol–water partition coefficient (Wildman–Crippen LogP) is 4.71. The molecular weight excluding hydrogens is 335 g/mol. The highest BCUT2D eigenvalue weighted by Gasteiger charge is 2.26. The number of benzene rings is 1. The van der Waals surface area contributed by atoms with Gasteiger partial charge in [-0.25, -0.2) is 4.39 Å². The fraction of sp³-hybridized carbons (Fsp3) is 0.353. The molecule has 0 saturated carbocycles. The van der Waals surface area contributed by atoms with Gasteiger partial charge in [0.15, 0.2) is 0 Å². The Balaban J connectivity index is 1.54.